The molecule has 1 N–H and O–H groups in total. The molecule has 0 radical (unpaired) electrons. The highest BCUT2D eigenvalue weighted by Crippen LogP contribution is 2.31. The van der Waals surface area contributed by atoms with E-state index in [2.05, 4.69) is 10.4 Å². The van der Waals surface area contributed by atoms with E-state index in [4.69, 9.17) is 0 Å². The van der Waals surface area contributed by atoms with E-state index >= 15 is 0 Å². The van der Waals surface area contributed by atoms with Crippen LogP contribution in [0.3, 0.4) is 0 Å². The van der Waals surface area contributed by atoms with Gasteiger partial charge in [-0.3, -0.25) is 29.7 Å². The number of hydrogen-bond acceptors (Lipinski definition) is 6. The van der Waals surface area contributed by atoms with E-state index in [1.54, 1.807) is 0 Å². The molecule has 0 aliphatic rings. The van der Waals surface area contributed by atoms with Gasteiger partial charge in [0.05, 0.1) is 15.5 Å². The van der Waals surface area contributed by atoms with Crippen LogP contribution in [0.1, 0.15) is 11.3 Å². The Morgan fingerprint density at radius 2 is 1.77 bits per heavy atom. The SMILES string of the molecule is Cc1c([N+](=O)[O-])cc(NC(=O)Cn2ccc(C(F)(F)F)n2)cc1[N+](=O)[O-]. The number of rotatable bonds is 5. The molecule has 0 spiro atoms. The van der Waals surface area contributed by atoms with Gasteiger partial charge in [0.2, 0.25) is 5.91 Å². The Kier molecular flexibility index (Phi) is 4.91. The molecule has 1 aromatic carbocycles. The number of benzene rings is 1. The summed E-state index contributed by atoms with van der Waals surface area (Å²) in [6.07, 6.45) is -3.73. The summed E-state index contributed by atoms with van der Waals surface area (Å²) in [4.78, 5) is 32.1. The van der Waals surface area contributed by atoms with Gasteiger partial charge in [-0.05, 0) is 13.0 Å². The molecule has 0 unspecified atom stereocenters. The van der Waals surface area contributed by atoms with Crippen molar-refractivity contribution in [3.05, 3.63) is 55.9 Å². The maximum Gasteiger partial charge on any atom is 0.435 e. The topological polar surface area (TPSA) is 133 Å². The molecule has 0 saturated carbocycles. The van der Waals surface area contributed by atoms with Gasteiger partial charge >= 0.3 is 6.18 Å². The van der Waals surface area contributed by atoms with Gasteiger partial charge in [-0.1, -0.05) is 0 Å². The van der Waals surface area contributed by atoms with Gasteiger partial charge in [-0.2, -0.15) is 18.3 Å². The largest absolute Gasteiger partial charge is 0.435 e. The molecule has 0 saturated heterocycles. The van der Waals surface area contributed by atoms with Gasteiger partial charge in [0.25, 0.3) is 11.4 Å². The lowest BCUT2D eigenvalue weighted by Crippen LogP contribution is -2.20. The van der Waals surface area contributed by atoms with Crippen LogP contribution >= 0.6 is 0 Å². The molecule has 13 heteroatoms. The van der Waals surface area contributed by atoms with Gasteiger partial charge in [0.1, 0.15) is 12.1 Å². The summed E-state index contributed by atoms with van der Waals surface area (Å²) in [5.41, 5.74) is -2.77. The Balaban J connectivity index is 2.22. The van der Waals surface area contributed by atoms with E-state index < -0.39 is 45.5 Å². The summed E-state index contributed by atoms with van der Waals surface area (Å²) in [5.74, 6) is -0.866. The number of carbonyl (C=O) groups is 1. The fourth-order valence-corrected chi connectivity index (χ4v) is 2.08. The quantitative estimate of drug-likeness (QED) is 0.633. The minimum absolute atomic E-state index is 0.195. The highest BCUT2D eigenvalue weighted by atomic mass is 19.4. The average molecular weight is 373 g/mol. The van der Waals surface area contributed by atoms with Crippen LogP contribution in [0.5, 0.6) is 0 Å². The lowest BCUT2D eigenvalue weighted by molar-refractivity contribution is -0.395. The fourth-order valence-electron chi connectivity index (χ4n) is 2.08. The molecule has 0 aliphatic carbocycles. The first kappa shape index (κ1) is 18.8. The van der Waals surface area contributed by atoms with E-state index in [1.165, 1.54) is 6.92 Å². The summed E-state index contributed by atoms with van der Waals surface area (Å²) >= 11 is 0. The Labute approximate surface area is 142 Å². The number of nitrogens with zero attached hydrogens (tertiary/aromatic N) is 4. The highest BCUT2D eigenvalue weighted by molar-refractivity contribution is 5.91. The van der Waals surface area contributed by atoms with Crippen LogP contribution in [0.2, 0.25) is 0 Å². The van der Waals surface area contributed by atoms with Crippen molar-refractivity contribution in [2.45, 2.75) is 19.6 Å². The number of nitro groups is 2. The maximum absolute atomic E-state index is 12.5. The predicted molar refractivity (Wildman–Crippen MR) is 80.3 cm³/mol. The molecule has 0 fully saturated rings. The molecular formula is C13H10F3N5O5. The molecule has 138 valence electrons. The first-order valence-corrected chi connectivity index (χ1v) is 6.83. The first-order valence-electron chi connectivity index (χ1n) is 6.83. The highest BCUT2D eigenvalue weighted by Gasteiger charge is 2.33. The van der Waals surface area contributed by atoms with Crippen molar-refractivity contribution >= 4 is 23.0 Å². The van der Waals surface area contributed by atoms with Gasteiger partial charge in [-0.25, -0.2) is 0 Å². The second kappa shape index (κ2) is 6.78. The van der Waals surface area contributed by atoms with Crippen LogP contribution < -0.4 is 5.32 Å². The van der Waals surface area contributed by atoms with E-state index in [0.717, 1.165) is 23.0 Å². The molecule has 0 atom stereocenters. The molecule has 0 aliphatic heterocycles. The van der Waals surface area contributed by atoms with Crippen molar-refractivity contribution < 1.29 is 27.8 Å². The van der Waals surface area contributed by atoms with Gasteiger partial charge < -0.3 is 5.32 Å². The lowest BCUT2D eigenvalue weighted by Gasteiger charge is -2.07. The summed E-state index contributed by atoms with van der Waals surface area (Å²) < 4.78 is 38.1. The van der Waals surface area contributed by atoms with Crippen LogP contribution in [0.25, 0.3) is 0 Å². The van der Waals surface area contributed by atoms with E-state index in [1.807, 2.05) is 0 Å². The third-order valence-corrected chi connectivity index (χ3v) is 3.27. The summed E-state index contributed by atoms with van der Waals surface area (Å²) in [6.45, 7) is 0.565. The number of aromatic nitrogens is 2. The molecule has 0 bridgehead atoms. The van der Waals surface area contributed by atoms with E-state index in [0.29, 0.717) is 6.07 Å². The average Bonchev–Trinajstić information content (AvgIpc) is 2.96. The molecular weight excluding hydrogens is 363 g/mol. The second-order valence-corrected chi connectivity index (χ2v) is 5.10. The molecule has 26 heavy (non-hydrogen) atoms. The van der Waals surface area contributed by atoms with Crippen LogP contribution in [-0.4, -0.2) is 25.5 Å². The number of alkyl halides is 3. The van der Waals surface area contributed by atoms with Crippen LogP contribution in [0.4, 0.5) is 30.2 Å². The third kappa shape index (κ3) is 4.12. The third-order valence-electron chi connectivity index (χ3n) is 3.27. The van der Waals surface area contributed by atoms with Crippen molar-refractivity contribution in [3.63, 3.8) is 0 Å². The smallest absolute Gasteiger partial charge is 0.324 e. The first-order chi connectivity index (χ1) is 12.0. The van der Waals surface area contributed by atoms with Crippen LogP contribution in [0.15, 0.2) is 24.4 Å². The van der Waals surface area contributed by atoms with Crippen LogP contribution in [0, 0.1) is 27.2 Å². The van der Waals surface area contributed by atoms with E-state index in [-0.39, 0.29) is 11.3 Å². The maximum atomic E-state index is 12.5. The molecule has 1 amide bonds. The van der Waals surface area contributed by atoms with Crippen LogP contribution in [-0.2, 0) is 17.5 Å². The number of amides is 1. The monoisotopic (exact) mass is 373 g/mol. The number of anilines is 1. The van der Waals surface area contributed by atoms with Crippen molar-refractivity contribution in [3.8, 4) is 0 Å². The zero-order valence-corrected chi connectivity index (χ0v) is 13.0. The second-order valence-electron chi connectivity index (χ2n) is 5.10. The zero-order chi connectivity index (χ0) is 19.6. The molecule has 2 rings (SSSR count). The lowest BCUT2D eigenvalue weighted by atomic mass is 10.1. The van der Waals surface area contributed by atoms with E-state index in [9.17, 15) is 38.2 Å². The number of nitrogens with one attached hydrogen (secondary N) is 1. The number of nitro benzene ring substituents is 2. The van der Waals surface area contributed by atoms with Gasteiger partial charge in [0.15, 0.2) is 5.69 Å². The molecule has 1 heterocycles. The Morgan fingerprint density at radius 1 is 1.23 bits per heavy atom. The summed E-state index contributed by atoms with van der Waals surface area (Å²) in [6, 6.07) is 2.52. The van der Waals surface area contributed by atoms with Crippen molar-refractivity contribution in [1.82, 2.24) is 9.78 Å². The predicted octanol–water partition coefficient (Wildman–Crippen LogP) is 2.67. The van der Waals surface area contributed by atoms with Gasteiger partial charge in [0, 0.05) is 18.3 Å². The van der Waals surface area contributed by atoms with Crippen molar-refractivity contribution in [2.75, 3.05) is 5.32 Å². The number of carbonyl (C=O) groups excluding carboxylic acids is 1. The number of hydrogen-bond donors (Lipinski definition) is 1. The Hall–Kier alpha value is -3.51. The number of halogens is 3. The standard InChI is InChI=1S/C13H10F3N5O5/c1-7-9(20(23)24)4-8(5-10(7)21(25)26)17-12(22)6-19-3-2-11(18-19)13(14,15)16/h2-5H,6H2,1H3,(H,17,22). The molecule has 10 nitrogen and oxygen atoms in total. The minimum Gasteiger partial charge on any atom is -0.324 e. The molecule has 1 aromatic heterocycles. The zero-order valence-electron chi connectivity index (χ0n) is 13.0. The van der Waals surface area contributed by atoms with Gasteiger partial charge in [-0.15, -0.1) is 0 Å². The van der Waals surface area contributed by atoms with Crippen molar-refractivity contribution in [2.24, 2.45) is 0 Å². The Morgan fingerprint density at radius 3 is 2.19 bits per heavy atom. The molecule has 2 aromatic rings. The normalized spacial score (nSPS) is 11.2. The summed E-state index contributed by atoms with van der Waals surface area (Å²) in [5, 5.41) is 27.3. The van der Waals surface area contributed by atoms with Crippen molar-refractivity contribution in [1.29, 1.82) is 0 Å². The fraction of sp³-hybridized carbons (Fsp3) is 0.231. The minimum atomic E-state index is -4.67. The Bertz CT molecular complexity index is 858. The summed E-state index contributed by atoms with van der Waals surface area (Å²) in [7, 11) is 0.